The van der Waals surface area contributed by atoms with E-state index in [4.69, 9.17) is 16.3 Å². The van der Waals surface area contributed by atoms with Gasteiger partial charge in [-0.25, -0.2) is 0 Å². The van der Waals surface area contributed by atoms with Crippen LogP contribution in [-0.4, -0.2) is 16.1 Å². The number of aromatic amines is 1. The van der Waals surface area contributed by atoms with Crippen LogP contribution < -0.4 is 4.74 Å². The Bertz CT molecular complexity index is 1140. The van der Waals surface area contributed by atoms with Crippen LogP contribution in [0.1, 0.15) is 29.0 Å². The number of hydrogen-bond donors (Lipinski definition) is 2. The van der Waals surface area contributed by atoms with Gasteiger partial charge in [0.25, 0.3) is 0 Å². The maximum absolute atomic E-state index is 11.6. The largest absolute Gasteiger partial charge is 0.489 e. The van der Waals surface area contributed by atoms with Crippen LogP contribution in [-0.2, 0) is 11.4 Å². The average molecular weight is 406 g/mol. The van der Waals surface area contributed by atoms with E-state index < -0.39 is 5.97 Å². The Kier molecular flexibility index (Phi) is 5.54. The van der Waals surface area contributed by atoms with Gasteiger partial charge in [0.15, 0.2) is 0 Å². The summed E-state index contributed by atoms with van der Waals surface area (Å²) < 4.78 is 5.94. The summed E-state index contributed by atoms with van der Waals surface area (Å²) in [6, 6.07) is 23.1. The molecule has 146 valence electrons. The number of carboxylic acids is 1. The molecular formula is C24H20ClNO3. The lowest BCUT2D eigenvalue weighted by atomic mass is 9.88. The number of carbonyl (C=O) groups is 1. The molecular weight excluding hydrogens is 386 g/mol. The SMILES string of the molecule is O=C(O)C[C@@H](c1cccc(OCc2ccccc2)c1)c1c[nH]c2ccc(Cl)cc12. The summed E-state index contributed by atoms with van der Waals surface area (Å²) in [7, 11) is 0. The molecule has 2 N–H and O–H groups in total. The van der Waals surface area contributed by atoms with Gasteiger partial charge in [-0.3, -0.25) is 4.79 Å². The van der Waals surface area contributed by atoms with Crippen molar-refractivity contribution in [1.29, 1.82) is 0 Å². The molecule has 0 amide bonds. The molecule has 5 heteroatoms. The van der Waals surface area contributed by atoms with Crippen molar-refractivity contribution in [3.63, 3.8) is 0 Å². The molecule has 1 aromatic heterocycles. The lowest BCUT2D eigenvalue weighted by Crippen LogP contribution is -2.08. The number of rotatable bonds is 7. The number of aliphatic carboxylic acids is 1. The fraction of sp³-hybridized carbons (Fsp3) is 0.125. The summed E-state index contributed by atoms with van der Waals surface area (Å²) in [6.45, 7) is 0.455. The minimum Gasteiger partial charge on any atom is -0.489 e. The predicted octanol–water partition coefficient (Wildman–Crippen LogP) is 6.01. The van der Waals surface area contributed by atoms with Gasteiger partial charge in [0, 0.05) is 28.0 Å². The van der Waals surface area contributed by atoms with Crippen LogP contribution in [0.15, 0.2) is 79.0 Å². The molecule has 0 aliphatic rings. The van der Waals surface area contributed by atoms with E-state index in [1.807, 2.05) is 79.0 Å². The molecule has 3 aromatic carbocycles. The second-order valence-corrected chi connectivity index (χ2v) is 7.37. The first-order valence-electron chi connectivity index (χ1n) is 9.35. The van der Waals surface area contributed by atoms with E-state index >= 15 is 0 Å². The summed E-state index contributed by atoms with van der Waals surface area (Å²) >= 11 is 6.18. The molecule has 0 fully saturated rings. The van der Waals surface area contributed by atoms with Crippen molar-refractivity contribution in [2.45, 2.75) is 18.9 Å². The number of hydrogen-bond acceptors (Lipinski definition) is 2. The quantitative estimate of drug-likeness (QED) is 0.396. The van der Waals surface area contributed by atoms with Crippen LogP contribution in [0.5, 0.6) is 5.75 Å². The normalized spacial score (nSPS) is 12.0. The van der Waals surface area contributed by atoms with E-state index in [0.717, 1.165) is 27.6 Å². The third kappa shape index (κ3) is 4.44. The van der Waals surface area contributed by atoms with Gasteiger partial charge in [-0.1, -0.05) is 54.1 Å². The van der Waals surface area contributed by atoms with E-state index in [0.29, 0.717) is 17.4 Å². The molecule has 0 unspecified atom stereocenters. The van der Waals surface area contributed by atoms with Gasteiger partial charge in [0.1, 0.15) is 12.4 Å². The Balaban J connectivity index is 1.66. The van der Waals surface area contributed by atoms with Crippen molar-refractivity contribution < 1.29 is 14.6 Å². The number of H-pyrrole nitrogens is 1. The van der Waals surface area contributed by atoms with Crippen molar-refractivity contribution in [3.05, 3.63) is 101 Å². The molecule has 0 aliphatic heterocycles. The van der Waals surface area contributed by atoms with Crippen molar-refractivity contribution in [2.75, 3.05) is 0 Å². The first kappa shape index (κ1) is 19.1. The number of ether oxygens (including phenoxy) is 1. The zero-order valence-corrected chi connectivity index (χ0v) is 16.4. The first-order valence-corrected chi connectivity index (χ1v) is 9.73. The lowest BCUT2D eigenvalue weighted by molar-refractivity contribution is -0.137. The second kappa shape index (κ2) is 8.41. The lowest BCUT2D eigenvalue weighted by Gasteiger charge is -2.17. The third-order valence-electron chi connectivity index (χ3n) is 4.94. The van der Waals surface area contributed by atoms with E-state index in [2.05, 4.69) is 4.98 Å². The highest BCUT2D eigenvalue weighted by atomic mass is 35.5. The number of fused-ring (bicyclic) bond motifs is 1. The zero-order chi connectivity index (χ0) is 20.2. The van der Waals surface area contributed by atoms with Gasteiger partial charge in [-0.15, -0.1) is 0 Å². The highest BCUT2D eigenvalue weighted by molar-refractivity contribution is 6.31. The molecule has 29 heavy (non-hydrogen) atoms. The van der Waals surface area contributed by atoms with Crippen LogP contribution in [0, 0.1) is 0 Å². The van der Waals surface area contributed by atoms with Crippen LogP contribution in [0.3, 0.4) is 0 Å². The summed E-state index contributed by atoms with van der Waals surface area (Å²) in [5, 5.41) is 11.1. The number of carboxylic acid groups (broad SMARTS) is 1. The molecule has 0 spiro atoms. The molecule has 1 atom stereocenters. The van der Waals surface area contributed by atoms with Crippen molar-refractivity contribution >= 4 is 28.5 Å². The topological polar surface area (TPSA) is 62.3 Å². The molecule has 0 bridgehead atoms. The van der Waals surface area contributed by atoms with Gasteiger partial charge >= 0.3 is 5.97 Å². The number of benzene rings is 3. The Morgan fingerprint density at radius 1 is 1.03 bits per heavy atom. The van der Waals surface area contributed by atoms with Crippen LogP contribution >= 0.6 is 11.6 Å². The maximum atomic E-state index is 11.6. The minimum atomic E-state index is -0.859. The maximum Gasteiger partial charge on any atom is 0.304 e. The Morgan fingerprint density at radius 2 is 1.86 bits per heavy atom. The van der Waals surface area contributed by atoms with Crippen molar-refractivity contribution in [2.24, 2.45) is 0 Å². The van der Waals surface area contributed by atoms with Gasteiger partial charge in [-0.2, -0.15) is 0 Å². The minimum absolute atomic E-state index is 0.0262. The summed E-state index contributed by atoms with van der Waals surface area (Å²) in [4.78, 5) is 14.8. The number of aromatic nitrogens is 1. The second-order valence-electron chi connectivity index (χ2n) is 6.93. The molecule has 0 saturated heterocycles. The number of halogens is 1. The predicted molar refractivity (Wildman–Crippen MR) is 115 cm³/mol. The molecule has 0 aliphatic carbocycles. The third-order valence-corrected chi connectivity index (χ3v) is 5.17. The monoisotopic (exact) mass is 405 g/mol. The molecule has 0 saturated carbocycles. The van der Waals surface area contributed by atoms with Crippen LogP contribution in [0.2, 0.25) is 5.02 Å². The fourth-order valence-electron chi connectivity index (χ4n) is 3.55. The van der Waals surface area contributed by atoms with E-state index in [9.17, 15) is 9.90 Å². The zero-order valence-electron chi connectivity index (χ0n) is 15.6. The van der Waals surface area contributed by atoms with Gasteiger partial charge in [0.05, 0.1) is 6.42 Å². The smallest absolute Gasteiger partial charge is 0.304 e. The van der Waals surface area contributed by atoms with Crippen LogP contribution in [0.4, 0.5) is 0 Å². The molecule has 4 rings (SSSR count). The molecule has 0 radical (unpaired) electrons. The average Bonchev–Trinajstić information content (AvgIpc) is 3.14. The number of nitrogens with one attached hydrogen (secondary N) is 1. The van der Waals surface area contributed by atoms with E-state index in [1.165, 1.54) is 0 Å². The van der Waals surface area contributed by atoms with Gasteiger partial charge in [-0.05, 0) is 47.0 Å². The van der Waals surface area contributed by atoms with Crippen molar-refractivity contribution in [1.82, 2.24) is 4.98 Å². The van der Waals surface area contributed by atoms with Crippen molar-refractivity contribution in [3.8, 4) is 5.75 Å². The van der Waals surface area contributed by atoms with Gasteiger partial charge in [0.2, 0.25) is 0 Å². The molecule has 4 nitrogen and oxygen atoms in total. The summed E-state index contributed by atoms with van der Waals surface area (Å²) in [5.74, 6) is -0.471. The first-order chi connectivity index (χ1) is 14.1. The van der Waals surface area contributed by atoms with Gasteiger partial charge < -0.3 is 14.8 Å². The Morgan fingerprint density at radius 3 is 2.66 bits per heavy atom. The fourth-order valence-corrected chi connectivity index (χ4v) is 3.72. The molecule has 4 aromatic rings. The van der Waals surface area contributed by atoms with Crippen LogP contribution in [0.25, 0.3) is 10.9 Å². The summed E-state index contributed by atoms with van der Waals surface area (Å²) in [6.07, 6.45) is 1.84. The highest BCUT2D eigenvalue weighted by Gasteiger charge is 2.22. The van der Waals surface area contributed by atoms with E-state index in [-0.39, 0.29) is 12.3 Å². The Hall–Kier alpha value is -3.24. The highest BCUT2D eigenvalue weighted by Crippen LogP contribution is 2.35. The standard InChI is InChI=1S/C24H20ClNO3/c25-18-9-10-23-21(12-18)22(14-26-23)20(13-24(27)28)17-7-4-8-19(11-17)29-15-16-5-2-1-3-6-16/h1-12,14,20,26H,13,15H2,(H,27,28)/t20-/m0/s1. The van der Waals surface area contributed by atoms with E-state index in [1.54, 1.807) is 0 Å². The Labute approximate surface area is 173 Å². The summed E-state index contributed by atoms with van der Waals surface area (Å²) in [5.41, 5.74) is 3.80. The molecule has 1 heterocycles.